The molecule has 3 aromatic rings. The van der Waals surface area contributed by atoms with Gasteiger partial charge >= 0.3 is 210 Å². The zero-order valence-corrected chi connectivity index (χ0v) is 23.9. The van der Waals surface area contributed by atoms with Crippen LogP contribution >= 0.6 is 0 Å². The average Bonchev–Trinajstić information content (AvgIpc) is 3.42. The van der Waals surface area contributed by atoms with Crippen molar-refractivity contribution in [3.63, 3.8) is 0 Å². The summed E-state index contributed by atoms with van der Waals surface area (Å²) in [5.74, 6) is 0. The number of nitriles is 1. The number of rotatable bonds is 14. The summed E-state index contributed by atoms with van der Waals surface area (Å²) in [4.78, 5) is 0. The van der Waals surface area contributed by atoms with Crippen molar-refractivity contribution in [2.24, 2.45) is 0 Å². The van der Waals surface area contributed by atoms with Crippen LogP contribution in [0.4, 0.5) is 5.69 Å². The van der Waals surface area contributed by atoms with Crippen molar-refractivity contribution < 1.29 is 0 Å². The first-order chi connectivity index (χ1) is 16.7. The quantitative estimate of drug-likeness (QED) is 0.205. The summed E-state index contributed by atoms with van der Waals surface area (Å²) in [7, 11) is 0. The van der Waals surface area contributed by atoms with Crippen molar-refractivity contribution in [1.82, 2.24) is 14.9 Å². The van der Waals surface area contributed by atoms with E-state index < -0.39 is 18.4 Å². The summed E-state index contributed by atoms with van der Waals surface area (Å²) >= 11 is -2.49. The van der Waals surface area contributed by atoms with Gasteiger partial charge in [-0.25, -0.2) is 0 Å². The topological polar surface area (TPSA) is 57.7 Å². The fraction of sp³-hybridized carbons (Fsp3) is 0.464. The SMILES string of the molecule is CCC[CH2][Sn]([CH2]CCC)([CH2]CCC)[c]1cccc(CN(c2ccc(C#N)cc2)n2cnnc2)c1. The Hall–Kier alpha value is -2.33. The van der Waals surface area contributed by atoms with Gasteiger partial charge in [-0.15, -0.1) is 0 Å². The van der Waals surface area contributed by atoms with Crippen molar-refractivity contribution in [3.05, 3.63) is 72.3 Å². The van der Waals surface area contributed by atoms with Gasteiger partial charge in [-0.3, -0.25) is 0 Å². The third-order valence-corrected chi connectivity index (χ3v) is 22.5. The molecule has 0 fully saturated rings. The third-order valence-electron chi connectivity index (χ3n) is 6.88. The van der Waals surface area contributed by atoms with E-state index in [1.807, 2.05) is 28.9 Å². The average molecular weight is 564 g/mol. The number of hydrogen-bond acceptors (Lipinski definition) is 4. The van der Waals surface area contributed by atoms with Crippen molar-refractivity contribution >= 4 is 27.6 Å². The van der Waals surface area contributed by atoms with Gasteiger partial charge in [0.2, 0.25) is 0 Å². The molecule has 0 saturated carbocycles. The predicted molar refractivity (Wildman–Crippen MR) is 144 cm³/mol. The molecule has 0 aliphatic heterocycles. The normalized spacial score (nSPS) is 11.4. The molecule has 0 N–H and O–H groups in total. The second-order valence-electron chi connectivity index (χ2n) is 9.35. The van der Waals surface area contributed by atoms with E-state index in [1.165, 1.54) is 57.4 Å². The van der Waals surface area contributed by atoms with Gasteiger partial charge in [0.15, 0.2) is 0 Å². The van der Waals surface area contributed by atoms with E-state index in [4.69, 9.17) is 0 Å². The molecule has 0 aliphatic carbocycles. The Morgan fingerprint density at radius 1 is 0.853 bits per heavy atom. The molecule has 0 spiro atoms. The van der Waals surface area contributed by atoms with Crippen molar-refractivity contribution in [1.29, 1.82) is 5.26 Å². The van der Waals surface area contributed by atoms with Crippen molar-refractivity contribution in [3.8, 4) is 6.07 Å². The molecular formula is C28H39N5Sn. The molecular weight excluding hydrogens is 525 g/mol. The summed E-state index contributed by atoms with van der Waals surface area (Å²) in [6, 6.07) is 19.4. The van der Waals surface area contributed by atoms with Crippen LogP contribution < -0.4 is 8.59 Å². The van der Waals surface area contributed by atoms with Crippen LogP contribution in [0.5, 0.6) is 0 Å². The number of nitrogens with zero attached hydrogens (tertiary/aromatic N) is 5. The van der Waals surface area contributed by atoms with Crippen LogP contribution in [-0.4, -0.2) is 33.3 Å². The molecule has 0 bridgehead atoms. The van der Waals surface area contributed by atoms with Crippen LogP contribution in [0.3, 0.4) is 0 Å². The van der Waals surface area contributed by atoms with Crippen molar-refractivity contribution in [2.45, 2.75) is 79.2 Å². The van der Waals surface area contributed by atoms with E-state index in [2.05, 4.69) is 66.3 Å². The second-order valence-corrected chi connectivity index (χ2v) is 22.6. The zero-order valence-electron chi connectivity index (χ0n) is 21.1. The minimum absolute atomic E-state index is 0.663. The molecule has 3 rings (SSSR count). The standard InChI is InChI=1S/C16H12N5.3C4H9.Sn/c17-10-14-6-8-16(9-7-14)21(20-12-18-19-13-20)11-15-4-2-1-3-5-15;3*1-3-4-2;/h1-2,4-9,12-13H,11H2;3*1,3-4H2,2H3;. The maximum absolute atomic E-state index is 9.19. The molecule has 0 amide bonds. The van der Waals surface area contributed by atoms with Gasteiger partial charge in [0.05, 0.1) is 0 Å². The van der Waals surface area contributed by atoms with Crippen LogP contribution in [0.25, 0.3) is 0 Å². The van der Waals surface area contributed by atoms with E-state index in [0.29, 0.717) is 5.56 Å². The molecule has 0 unspecified atom stereocenters. The van der Waals surface area contributed by atoms with Gasteiger partial charge in [0.25, 0.3) is 0 Å². The van der Waals surface area contributed by atoms with E-state index >= 15 is 0 Å². The van der Waals surface area contributed by atoms with E-state index in [0.717, 1.165) is 12.2 Å². The Kier molecular flexibility index (Phi) is 10.5. The first kappa shape index (κ1) is 26.3. The van der Waals surface area contributed by atoms with Gasteiger partial charge < -0.3 is 0 Å². The molecule has 1 aromatic heterocycles. The van der Waals surface area contributed by atoms with Gasteiger partial charge in [-0.05, 0) is 0 Å². The van der Waals surface area contributed by atoms with Crippen molar-refractivity contribution in [2.75, 3.05) is 5.01 Å². The molecule has 2 aromatic carbocycles. The molecule has 0 radical (unpaired) electrons. The van der Waals surface area contributed by atoms with Crippen LogP contribution in [-0.2, 0) is 6.54 Å². The van der Waals surface area contributed by atoms with Crippen LogP contribution in [0, 0.1) is 11.3 Å². The first-order valence-corrected chi connectivity index (χ1v) is 20.4. The summed E-state index contributed by atoms with van der Waals surface area (Å²) in [5.41, 5.74) is 3.00. The van der Waals surface area contributed by atoms with Crippen LogP contribution in [0.1, 0.15) is 70.4 Å². The third kappa shape index (κ3) is 6.85. The molecule has 180 valence electrons. The van der Waals surface area contributed by atoms with E-state index in [-0.39, 0.29) is 0 Å². The summed E-state index contributed by atoms with van der Waals surface area (Å²) < 4.78 is 8.04. The number of benzene rings is 2. The fourth-order valence-corrected chi connectivity index (χ4v) is 21.0. The molecule has 0 aliphatic rings. The molecule has 5 nitrogen and oxygen atoms in total. The number of hydrogen-bond donors (Lipinski definition) is 0. The second kappa shape index (κ2) is 13.5. The Morgan fingerprint density at radius 3 is 1.97 bits per heavy atom. The molecule has 6 heteroatoms. The van der Waals surface area contributed by atoms with Gasteiger partial charge in [-0.2, -0.15) is 0 Å². The summed E-state index contributed by atoms with van der Waals surface area (Å²) in [6.45, 7) is 7.74. The number of anilines is 1. The van der Waals surface area contributed by atoms with Gasteiger partial charge in [-0.1, -0.05) is 0 Å². The Bertz CT molecular complexity index is 1000. The minimum atomic E-state index is -2.49. The molecule has 0 saturated heterocycles. The Balaban J connectivity index is 1.95. The monoisotopic (exact) mass is 565 g/mol. The Morgan fingerprint density at radius 2 is 1.44 bits per heavy atom. The first-order valence-electron chi connectivity index (χ1n) is 12.9. The van der Waals surface area contributed by atoms with E-state index in [1.54, 1.807) is 16.2 Å². The van der Waals surface area contributed by atoms with E-state index in [9.17, 15) is 5.26 Å². The fourth-order valence-electron chi connectivity index (χ4n) is 4.86. The predicted octanol–water partition coefficient (Wildman–Crippen LogP) is 6.68. The van der Waals surface area contributed by atoms with Crippen LogP contribution in [0.15, 0.2) is 61.2 Å². The van der Waals surface area contributed by atoms with Gasteiger partial charge in [0, 0.05) is 0 Å². The summed E-state index contributed by atoms with van der Waals surface area (Å²) in [6.07, 6.45) is 11.4. The van der Waals surface area contributed by atoms with Crippen LogP contribution in [0.2, 0.25) is 13.3 Å². The molecule has 1 heterocycles. The number of unbranched alkanes of at least 4 members (excludes halogenated alkanes) is 3. The number of aromatic nitrogens is 3. The molecule has 34 heavy (non-hydrogen) atoms. The molecule has 0 atom stereocenters. The maximum atomic E-state index is 9.19. The Labute approximate surface area is 209 Å². The van der Waals surface area contributed by atoms with Gasteiger partial charge in [0.1, 0.15) is 0 Å². The summed E-state index contributed by atoms with van der Waals surface area (Å²) in [5, 5.41) is 19.4. The zero-order chi connectivity index (χ0) is 24.2.